The van der Waals surface area contributed by atoms with E-state index in [2.05, 4.69) is 25.7 Å². The van der Waals surface area contributed by atoms with E-state index in [1.165, 1.54) is 6.92 Å². The molecule has 0 radical (unpaired) electrons. The summed E-state index contributed by atoms with van der Waals surface area (Å²) >= 11 is 0. The van der Waals surface area contributed by atoms with Crippen LogP contribution in [0.3, 0.4) is 0 Å². The molecular weight excluding hydrogens is 190 g/mol. The summed E-state index contributed by atoms with van der Waals surface area (Å²) < 4.78 is 5.26. The molecule has 0 amide bonds. The highest BCUT2D eigenvalue weighted by Crippen LogP contribution is 2.20. The number of esters is 1. The molecule has 0 aliphatic carbocycles. The maximum absolute atomic E-state index is 10.9. The van der Waals surface area contributed by atoms with Gasteiger partial charge in [-0.15, -0.1) is 0 Å². The molecule has 1 unspecified atom stereocenters. The number of hydrogen-bond donors (Lipinski definition) is 0. The lowest BCUT2D eigenvalue weighted by Gasteiger charge is -2.36. The van der Waals surface area contributed by atoms with Gasteiger partial charge in [-0.2, -0.15) is 0 Å². The average molecular weight is 213 g/mol. The van der Waals surface area contributed by atoms with Crippen LogP contribution in [0.2, 0.25) is 0 Å². The molecule has 0 aromatic rings. The first-order chi connectivity index (χ1) is 6.87. The predicted octanol–water partition coefficient (Wildman–Crippen LogP) is 2.06. The SMILES string of the molecule is CC(=O)OC1CCCN(CC(C)(C)C)C1. The third-order valence-electron chi connectivity index (χ3n) is 2.49. The summed E-state index contributed by atoms with van der Waals surface area (Å²) in [5.41, 5.74) is 0.318. The van der Waals surface area contributed by atoms with Crippen LogP contribution in [0, 0.1) is 5.41 Å². The monoisotopic (exact) mass is 213 g/mol. The van der Waals surface area contributed by atoms with Crippen molar-refractivity contribution in [1.82, 2.24) is 4.90 Å². The smallest absolute Gasteiger partial charge is 0.302 e. The van der Waals surface area contributed by atoms with Gasteiger partial charge in [0.1, 0.15) is 6.10 Å². The number of carbonyl (C=O) groups excluding carboxylic acids is 1. The molecule has 88 valence electrons. The molecule has 1 heterocycles. The minimum absolute atomic E-state index is 0.110. The Bertz CT molecular complexity index is 220. The van der Waals surface area contributed by atoms with Crippen LogP contribution in [-0.2, 0) is 9.53 Å². The highest BCUT2D eigenvalue weighted by atomic mass is 16.5. The Morgan fingerprint density at radius 2 is 2.13 bits per heavy atom. The molecule has 0 aromatic heterocycles. The fourth-order valence-electron chi connectivity index (χ4n) is 2.16. The lowest BCUT2D eigenvalue weighted by atomic mass is 9.94. The van der Waals surface area contributed by atoms with Gasteiger partial charge in [0.25, 0.3) is 0 Å². The summed E-state index contributed by atoms with van der Waals surface area (Å²) in [6.07, 6.45) is 2.26. The van der Waals surface area contributed by atoms with Gasteiger partial charge < -0.3 is 4.74 Å². The molecule has 1 aliphatic rings. The van der Waals surface area contributed by atoms with E-state index in [-0.39, 0.29) is 12.1 Å². The zero-order valence-electron chi connectivity index (χ0n) is 10.4. The van der Waals surface area contributed by atoms with Crippen molar-refractivity contribution in [3.05, 3.63) is 0 Å². The van der Waals surface area contributed by atoms with Crippen molar-refractivity contribution in [2.24, 2.45) is 5.41 Å². The molecule has 1 aliphatic heterocycles. The first-order valence-corrected chi connectivity index (χ1v) is 5.76. The summed E-state index contributed by atoms with van der Waals surface area (Å²) in [6, 6.07) is 0. The van der Waals surface area contributed by atoms with Gasteiger partial charge in [-0.3, -0.25) is 9.69 Å². The van der Waals surface area contributed by atoms with E-state index < -0.39 is 0 Å². The zero-order chi connectivity index (χ0) is 11.5. The van der Waals surface area contributed by atoms with E-state index in [9.17, 15) is 4.79 Å². The van der Waals surface area contributed by atoms with Crippen molar-refractivity contribution in [2.75, 3.05) is 19.6 Å². The van der Waals surface area contributed by atoms with E-state index in [0.29, 0.717) is 5.41 Å². The standard InChI is InChI=1S/C12H23NO2/c1-10(14)15-11-6-5-7-13(8-11)9-12(2,3)4/h11H,5-9H2,1-4H3. The lowest BCUT2D eigenvalue weighted by Crippen LogP contribution is -2.43. The molecule has 1 fully saturated rings. The molecule has 1 rings (SSSR count). The number of nitrogens with zero attached hydrogens (tertiary/aromatic N) is 1. The molecule has 3 heteroatoms. The van der Waals surface area contributed by atoms with Gasteiger partial charge >= 0.3 is 5.97 Å². The van der Waals surface area contributed by atoms with Gasteiger partial charge in [-0.05, 0) is 24.8 Å². The minimum Gasteiger partial charge on any atom is -0.461 e. The second-order valence-corrected chi connectivity index (χ2v) is 5.67. The van der Waals surface area contributed by atoms with Crippen LogP contribution >= 0.6 is 0 Å². The third kappa shape index (κ3) is 5.17. The van der Waals surface area contributed by atoms with Gasteiger partial charge in [0.2, 0.25) is 0 Å². The Morgan fingerprint density at radius 3 is 2.67 bits per heavy atom. The molecule has 0 N–H and O–H groups in total. The normalized spacial score (nSPS) is 23.9. The van der Waals surface area contributed by atoms with Gasteiger partial charge in [-0.25, -0.2) is 0 Å². The summed E-state index contributed by atoms with van der Waals surface area (Å²) in [4.78, 5) is 13.3. The van der Waals surface area contributed by atoms with E-state index in [0.717, 1.165) is 32.5 Å². The lowest BCUT2D eigenvalue weighted by molar-refractivity contribution is -0.149. The Hall–Kier alpha value is -0.570. The zero-order valence-corrected chi connectivity index (χ0v) is 10.4. The van der Waals surface area contributed by atoms with Crippen molar-refractivity contribution in [3.63, 3.8) is 0 Å². The van der Waals surface area contributed by atoms with Gasteiger partial charge in [0.15, 0.2) is 0 Å². The van der Waals surface area contributed by atoms with Gasteiger partial charge in [0, 0.05) is 20.0 Å². The van der Waals surface area contributed by atoms with E-state index in [4.69, 9.17) is 4.74 Å². The topological polar surface area (TPSA) is 29.5 Å². The number of piperidine rings is 1. The Morgan fingerprint density at radius 1 is 1.47 bits per heavy atom. The Balaban J connectivity index is 2.38. The second kappa shape index (κ2) is 4.97. The van der Waals surface area contributed by atoms with E-state index in [1.807, 2.05) is 0 Å². The predicted molar refractivity (Wildman–Crippen MR) is 60.7 cm³/mol. The van der Waals surface area contributed by atoms with Crippen molar-refractivity contribution in [2.45, 2.75) is 46.6 Å². The molecule has 0 bridgehead atoms. The third-order valence-corrected chi connectivity index (χ3v) is 2.49. The molecule has 0 saturated carbocycles. The largest absolute Gasteiger partial charge is 0.461 e. The number of hydrogen-bond acceptors (Lipinski definition) is 3. The number of carbonyl (C=O) groups is 1. The van der Waals surface area contributed by atoms with Crippen molar-refractivity contribution in [1.29, 1.82) is 0 Å². The molecule has 3 nitrogen and oxygen atoms in total. The van der Waals surface area contributed by atoms with Crippen molar-refractivity contribution < 1.29 is 9.53 Å². The van der Waals surface area contributed by atoms with Gasteiger partial charge in [0.05, 0.1) is 0 Å². The maximum atomic E-state index is 10.9. The summed E-state index contributed by atoms with van der Waals surface area (Å²) in [5.74, 6) is -0.155. The first kappa shape index (κ1) is 12.5. The Labute approximate surface area is 92.8 Å². The molecule has 0 aromatic carbocycles. The molecule has 0 spiro atoms. The Kier molecular flexibility index (Phi) is 4.14. The van der Waals surface area contributed by atoms with Crippen LogP contribution in [0.5, 0.6) is 0 Å². The summed E-state index contributed by atoms with van der Waals surface area (Å²) in [6.45, 7) is 11.3. The van der Waals surface area contributed by atoms with E-state index in [1.54, 1.807) is 0 Å². The van der Waals surface area contributed by atoms with Crippen LogP contribution in [0.1, 0.15) is 40.5 Å². The van der Waals surface area contributed by atoms with Crippen LogP contribution in [0.15, 0.2) is 0 Å². The maximum Gasteiger partial charge on any atom is 0.302 e. The van der Waals surface area contributed by atoms with Crippen molar-refractivity contribution in [3.8, 4) is 0 Å². The number of ether oxygens (including phenoxy) is 1. The number of rotatable bonds is 2. The fourth-order valence-corrected chi connectivity index (χ4v) is 2.16. The first-order valence-electron chi connectivity index (χ1n) is 5.76. The van der Waals surface area contributed by atoms with Gasteiger partial charge in [-0.1, -0.05) is 20.8 Å². The van der Waals surface area contributed by atoms with Crippen molar-refractivity contribution >= 4 is 5.97 Å². The van der Waals surface area contributed by atoms with Crippen LogP contribution < -0.4 is 0 Å². The fraction of sp³-hybridized carbons (Fsp3) is 0.917. The highest BCUT2D eigenvalue weighted by Gasteiger charge is 2.24. The molecular formula is C12H23NO2. The second-order valence-electron chi connectivity index (χ2n) is 5.67. The minimum atomic E-state index is -0.155. The highest BCUT2D eigenvalue weighted by molar-refractivity contribution is 5.66. The summed E-state index contributed by atoms with van der Waals surface area (Å²) in [5, 5.41) is 0. The molecule has 1 saturated heterocycles. The molecule has 15 heavy (non-hydrogen) atoms. The van der Waals surface area contributed by atoms with Crippen LogP contribution in [0.25, 0.3) is 0 Å². The number of likely N-dealkylation sites (tertiary alicyclic amines) is 1. The van der Waals surface area contributed by atoms with Crippen LogP contribution in [-0.4, -0.2) is 36.6 Å². The van der Waals surface area contributed by atoms with Crippen LogP contribution in [0.4, 0.5) is 0 Å². The van der Waals surface area contributed by atoms with E-state index >= 15 is 0 Å². The summed E-state index contributed by atoms with van der Waals surface area (Å²) in [7, 11) is 0. The molecule has 1 atom stereocenters. The average Bonchev–Trinajstić information content (AvgIpc) is 1.99. The quantitative estimate of drug-likeness (QED) is 0.658.